The highest BCUT2D eigenvalue weighted by atomic mass is 19.4. The van der Waals surface area contributed by atoms with Crippen LogP contribution in [0.2, 0.25) is 0 Å². The molecule has 2 aromatic heterocycles. The number of aromatic nitrogens is 3. The molecule has 8 heteroatoms. The van der Waals surface area contributed by atoms with Crippen LogP contribution in [0.4, 0.5) is 13.2 Å². The van der Waals surface area contributed by atoms with E-state index in [1.54, 1.807) is 0 Å². The lowest BCUT2D eigenvalue weighted by atomic mass is 10.2. The Hall–Kier alpha value is -1.96. The van der Waals surface area contributed by atoms with Crippen molar-refractivity contribution in [1.82, 2.24) is 20.4 Å². The molecule has 1 unspecified atom stereocenters. The molecule has 0 aromatic carbocycles. The van der Waals surface area contributed by atoms with Crippen molar-refractivity contribution < 1.29 is 17.7 Å². The van der Waals surface area contributed by atoms with Gasteiger partial charge in [-0.1, -0.05) is 5.16 Å². The summed E-state index contributed by atoms with van der Waals surface area (Å²) in [5, 5.41) is 6.79. The normalized spacial score (nSPS) is 13.4. The van der Waals surface area contributed by atoms with Gasteiger partial charge < -0.3 is 9.84 Å². The third-order valence-electron chi connectivity index (χ3n) is 2.76. The fraction of sp³-hybridized carbons (Fsp3) is 0.417. The lowest BCUT2D eigenvalue weighted by molar-refractivity contribution is -0.137. The molecule has 20 heavy (non-hydrogen) atoms. The molecule has 0 spiro atoms. The SMILES string of the molecule is CNC(C)Cc1noc(-c2ccc(C(F)(F)F)cn2)n1. The fourth-order valence-electron chi connectivity index (χ4n) is 1.50. The first-order chi connectivity index (χ1) is 9.40. The number of hydrogen-bond donors (Lipinski definition) is 1. The number of likely N-dealkylation sites (N-methyl/N-ethyl adjacent to an activating group) is 1. The summed E-state index contributed by atoms with van der Waals surface area (Å²) in [5.41, 5.74) is -0.598. The number of hydrogen-bond acceptors (Lipinski definition) is 5. The first kappa shape index (κ1) is 14.4. The van der Waals surface area contributed by atoms with Crippen LogP contribution in [0.25, 0.3) is 11.6 Å². The van der Waals surface area contributed by atoms with Crippen LogP contribution in [0.15, 0.2) is 22.9 Å². The summed E-state index contributed by atoms with van der Waals surface area (Å²) in [6.07, 6.45) is -3.11. The second kappa shape index (κ2) is 5.58. The van der Waals surface area contributed by atoms with Gasteiger partial charge in [0.05, 0.1) is 5.56 Å². The van der Waals surface area contributed by atoms with Crippen molar-refractivity contribution >= 4 is 0 Å². The molecule has 2 aromatic rings. The smallest absolute Gasteiger partial charge is 0.332 e. The third-order valence-corrected chi connectivity index (χ3v) is 2.76. The molecule has 0 aliphatic rings. The maximum absolute atomic E-state index is 12.4. The summed E-state index contributed by atoms with van der Waals surface area (Å²) < 4.78 is 42.2. The van der Waals surface area contributed by atoms with Crippen molar-refractivity contribution in [3.8, 4) is 11.6 Å². The summed E-state index contributed by atoms with van der Waals surface area (Å²) in [6, 6.07) is 2.31. The first-order valence-electron chi connectivity index (χ1n) is 5.93. The van der Waals surface area contributed by atoms with Crippen LogP contribution in [-0.2, 0) is 12.6 Å². The van der Waals surface area contributed by atoms with Crippen molar-refractivity contribution in [2.45, 2.75) is 25.6 Å². The van der Waals surface area contributed by atoms with Gasteiger partial charge in [0.15, 0.2) is 5.82 Å². The van der Waals surface area contributed by atoms with Gasteiger partial charge in [-0.2, -0.15) is 18.2 Å². The van der Waals surface area contributed by atoms with Gasteiger partial charge in [-0.15, -0.1) is 0 Å². The average Bonchev–Trinajstić information content (AvgIpc) is 2.86. The minimum atomic E-state index is -4.41. The minimum absolute atomic E-state index is 0.108. The van der Waals surface area contributed by atoms with Gasteiger partial charge in [-0.05, 0) is 26.1 Å². The quantitative estimate of drug-likeness (QED) is 0.934. The average molecular weight is 286 g/mol. The number of halogens is 3. The van der Waals surface area contributed by atoms with Crippen LogP contribution < -0.4 is 5.32 Å². The van der Waals surface area contributed by atoms with E-state index in [1.165, 1.54) is 6.07 Å². The van der Waals surface area contributed by atoms with E-state index in [4.69, 9.17) is 4.52 Å². The Balaban J connectivity index is 2.16. The van der Waals surface area contributed by atoms with Crippen molar-refractivity contribution in [3.05, 3.63) is 29.7 Å². The third kappa shape index (κ3) is 3.32. The maximum Gasteiger partial charge on any atom is 0.417 e. The monoisotopic (exact) mass is 286 g/mol. The first-order valence-corrected chi connectivity index (χ1v) is 5.93. The Labute approximate surface area is 113 Å². The predicted molar refractivity (Wildman–Crippen MR) is 64.8 cm³/mol. The van der Waals surface area contributed by atoms with Crippen LogP contribution in [-0.4, -0.2) is 28.2 Å². The molecule has 0 fully saturated rings. The second-order valence-electron chi connectivity index (χ2n) is 4.34. The van der Waals surface area contributed by atoms with E-state index >= 15 is 0 Å². The van der Waals surface area contributed by atoms with Crippen LogP contribution in [0.3, 0.4) is 0 Å². The number of rotatable bonds is 4. The molecule has 0 amide bonds. The van der Waals surface area contributed by atoms with E-state index in [9.17, 15) is 13.2 Å². The lowest BCUT2D eigenvalue weighted by Crippen LogP contribution is -2.24. The Kier molecular flexibility index (Phi) is 4.03. The minimum Gasteiger partial charge on any atom is -0.332 e. The van der Waals surface area contributed by atoms with Crippen LogP contribution in [0.1, 0.15) is 18.3 Å². The molecule has 0 bridgehead atoms. The van der Waals surface area contributed by atoms with Gasteiger partial charge in [0.2, 0.25) is 0 Å². The van der Waals surface area contributed by atoms with E-state index in [-0.39, 0.29) is 17.6 Å². The topological polar surface area (TPSA) is 63.8 Å². The molecule has 0 saturated carbocycles. The second-order valence-corrected chi connectivity index (χ2v) is 4.34. The lowest BCUT2D eigenvalue weighted by Gasteiger charge is -2.05. The Morgan fingerprint density at radius 1 is 1.35 bits per heavy atom. The van der Waals surface area contributed by atoms with Crippen molar-refractivity contribution in [3.63, 3.8) is 0 Å². The largest absolute Gasteiger partial charge is 0.417 e. The zero-order chi connectivity index (χ0) is 14.8. The highest BCUT2D eigenvalue weighted by molar-refractivity contribution is 5.46. The summed E-state index contributed by atoms with van der Waals surface area (Å²) >= 11 is 0. The maximum atomic E-state index is 12.4. The summed E-state index contributed by atoms with van der Waals surface area (Å²) in [5.74, 6) is 0.584. The molecule has 0 aliphatic heterocycles. The summed E-state index contributed by atoms with van der Waals surface area (Å²) in [6.45, 7) is 1.95. The van der Waals surface area contributed by atoms with Crippen molar-refractivity contribution in [2.75, 3.05) is 7.05 Å². The molecule has 0 radical (unpaired) electrons. The van der Waals surface area contributed by atoms with Gasteiger partial charge in [0.25, 0.3) is 5.89 Å². The zero-order valence-corrected chi connectivity index (χ0v) is 10.9. The highest BCUT2D eigenvalue weighted by Crippen LogP contribution is 2.29. The molecule has 0 saturated heterocycles. The fourth-order valence-corrected chi connectivity index (χ4v) is 1.50. The summed E-state index contributed by atoms with van der Waals surface area (Å²) in [7, 11) is 1.81. The van der Waals surface area contributed by atoms with Gasteiger partial charge in [0.1, 0.15) is 5.69 Å². The molecule has 0 aliphatic carbocycles. The standard InChI is InChI=1S/C12H13F3N4O/c1-7(16-2)5-10-18-11(20-19-10)9-4-3-8(6-17-9)12(13,14)15/h3-4,6-7,16H,5H2,1-2H3. The molecule has 108 valence electrons. The molecule has 5 nitrogen and oxygen atoms in total. The zero-order valence-electron chi connectivity index (χ0n) is 10.9. The predicted octanol–water partition coefficient (Wildman–Crippen LogP) is 2.30. The molecule has 2 rings (SSSR count). The van der Waals surface area contributed by atoms with E-state index in [0.717, 1.165) is 12.3 Å². The van der Waals surface area contributed by atoms with E-state index < -0.39 is 11.7 Å². The van der Waals surface area contributed by atoms with Crippen LogP contribution in [0, 0.1) is 0 Å². The van der Waals surface area contributed by atoms with Crippen LogP contribution >= 0.6 is 0 Å². The Bertz CT molecular complexity index is 565. The van der Waals surface area contributed by atoms with Gasteiger partial charge in [-0.25, -0.2) is 0 Å². The molecular formula is C12H13F3N4O. The highest BCUT2D eigenvalue weighted by Gasteiger charge is 2.30. The number of alkyl halides is 3. The Morgan fingerprint density at radius 2 is 2.10 bits per heavy atom. The van der Waals surface area contributed by atoms with E-state index in [2.05, 4.69) is 20.4 Å². The van der Waals surface area contributed by atoms with E-state index in [0.29, 0.717) is 12.2 Å². The molecular weight excluding hydrogens is 273 g/mol. The molecule has 2 heterocycles. The number of pyridine rings is 1. The molecule has 1 atom stereocenters. The number of nitrogens with one attached hydrogen (secondary N) is 1. The van der Waals surface area contributed by atoms with E-state index in [1.807, 2.05) is 14.0 Å². The molecule has 1 N–H and O–H groups in total. The van der Waals surface area contributed by atoms with Gasteiger partial charge in [-0.3, -0.25) is 4.98 Å². The number of nitrogens with zero attached hydrogens (tertiary/aromatic N) is 3. The summed E-state index contributed by atoms with van der Waals surface area (Å²) in [4.78, 5) is 7.79. The van der Waals surface area contributed by atoms with Gasteiger partial charge in [0, 0.05) is 18.7 Å². The van der Waals surface area contributed by atoms with Gasteiger partial charge >= 0.3 is 6.18 Å². The Morgan fingerprint density at radius 3 is 2.65 bits per heavy atom. The van der Waals surface area contributed by atoms with Crippen LogP contribution in [0.5, 0.6) is 0 Å². The van der Waals surface area contributed by atoms with Crippen molar-refractivity contribution in [1.29, 1.82) is 0 Å². The van der Waals surface area contributed by atoms with Crippen molar-refractivity contribution in [2.24, 2.45) is 0 Å².